The van der Waals surface area contributed by atoms with Crippen molar-refractivity contribution >= 4 is 27.6 Å². The van der Waals surface area contributed by atoms with Gasteiger partial charge in [-0.15, -0.1) is 0 Å². The van der Waals surface area contributed by atoms with Crippen molar-refractivity contribution < 1.29 is 4.42 Å². The van der Waals surface area contributed by atoms with E-state index in [1.54, 1.807) is 18.7 Å². The van der Waals surface area contributed by atoms with Crippen molar-refractivity contribution in [2.75, 3.05) is 5.32 Å². The molecule has 0 bridgehead atoms. The van der Waals surface area contributed by atoms with Crippen molar-refractivity contribution in [3.8, 4) is 11.1 Å². The molecule has 0 radical (unpaired) electrons. The Bertz CT molecular complexity index is 1190. The number of rotatable bonds is 4. The number of fused-ring (bicyclic) bond motifs is 2. The summed E-state index contributed by atoms with van der Waals surface area (Å²) in [6.45, 7) is 0.706. The molecule has 0 amide bonds. The lowest BCUT2D eigenvalue weighted by Crippen LogP contribution is -1.98. The number of hydrogen-bond acceptors (Lipinski definition) is 4. The van der Waals surface area contributed by atoms with E-state index in [9.17, 15) is 0 Å². The molecule has 5 nitrogen and oxygen atoms in total. The van der Waals surface area contributed by atoms with Crippen LogP contribution in [0.5, 0.6) is 0 Å². The number of anilines is 1. The third-order valence-electron chi connectivity index (χ3n) is 4.52. The number of nitrogens with zero attached hydrogens (tertiary/aromatic N) is 2. The highest BCUT2D eigenvalue weighted by Gasteiger charge is 2.08. The van der Waals surface area contributed by atoms with E-state index >= 15 is 0 Å². The maximum atomic E-state index is 5.10. The van der Waals surface area contributed by atoms with E-state index < -0.39 is 0 Å². The predicted octanol–water partition coefficient (Wildman–Crippen LogP) is 4.98. The lowest BCUT2D eigenvalue weighted by molar-refractivity contribution is 0.564. The van der Waals surface area contributed by atoms with Gasteiger partial charge in [-0.1, -0.05) is 6.07 Å². The van der Waals surface area contributed by atoms with Crippen molar-refractivity contribution in [1.29, 1.82) is 0 Å². The molecule has 26 heavy (non-hydrogen) atoms. The van der Waals surface area contributed by atoms with Crippen molar-refractivity contribution in [3.05, 3.63) is 79.1 Å². The summed E-state index contributed by atoms with van der Waals surface area (Å²) < 4.78 is 5.10. The van der Waals surface area contributed by atoms with Crippen LogP contribution in [-0.2, 0) is 6.54 Å². The SMILES string of the molecule is c1cnc2[nH]cc(-c3ccc4ncc(NCc5ccoc5)cc4c3)c2c1. The minimum Gasteiger partial charge on any atom is -0.472 e. The number of pyridine rings is 2. The molecule has 4 heterocycles. The van der Waals surface area contributed by atoms with Gasteiger partial charge in [0.2, 0.25) is 0 Å². The summed E-state index contributed by atoms with van der Waals surface area (Å²) in [7, 11) is 0. The Hall–Kier alpha value is -3.60. The third kappa shape index (κ3) is 2.59. The number of benzene rings is 1. The van der Waals surface area contributed by atoms with Crippen LogP contribution in [0.25, 0.3) is 33.1 Å². The zero-order chi connectivity index (χ0) is 17.3. The minimum absolute atomic E-state index is 0.706. The molecule has 0 aliphatic rings. The number of aromatic nitrogens is 3. The second-order valence-corrected chi connectivity index (χ2v) is 6.22. The number of aromatic amines is 1. The molecule has 126 valence electrons. The fourth-order valence-corrected chi connectivity index (χ4v) is 3.19. The Morgan fingerprint density at radius 3 is 3.00 bits per heavy atom. The third-order valence-corrected chi connectivity index (χ3v) is 4.52. The number of hydrogen-bond donors (Lipinski definition) is 2. The van der Waals surface area contributed by atoms with Crippen LogP contribution in [-0.4, -0.2) is 15.0 Å². The number of H-pyrrole nitrogens is 1. The first kappa shape index (κ1) is 14.7. The molecule has 4 aromatic heterocycles. The maximum absolute atomic E-state index is 5.10. The summed E-state index contributed by atoms with van der Waals surface area (Å²) in [4.78, 5) is 12.2. The van der Waals surface area contributed by atoms with E-state index in [-0.39, 0.29) is 0 Å². The van der Waals surface area contributed by atoms with Crippen LogP contribution in [0.1, 0.15) is 5.56 Å². The zero-order valence-electron chi connectivity index (χ0n) is 13.9. The first-order valence-electron chi connectivity index (χ1n) is 8.44. The normalized spacial score (nSPS) is 11.2. The average molecular weight is 340 g/mol. The van der Waals surface area contributed by atoms with Gasteiger partial charge in [0.25, 0.3) is 0 Å². The van der Waals surface area contributed by atoms with Crippen LogP contribution in [0, 0.1) is 0 Å². The van der Waals surface area contributed by atoms with Crippen LogP contribution in [0.3, 0.4) is 0 Å². The fraction of sp³-hybridized carbons (Fsp3) is 0.0476. The standard InChI is InChI=1S/C21H16N4O/c1-2-18-19(12-25-21(18)22-6-1)15-3-4-20-16(8-15)9-17(11-24-20)23-10-14-5-7-26-13-14/h1-9,11-13,23H,10H2,(H,22,25). The molecule has 5 rings (SSSR count). The van der Waals surface area contributed by atoms with E-state index in [1.807, 2.05) is 24.5 Å². The van der Waals surface area contributed by atoms with Crippen LogP contribution in [0.2, 0.25) is 0 Å². The Morgan fingerprint density at radius 2 is 2.08 bits per heavy atom. The van der Waals surface area contributed by atoms with E-state index in [0.29, 0.717) is 6.54 Å². The highest BCUT2D eigenvalue weighted by atomic mass is 16.3. The van der Waals surface area contributed by atoms with Crippen molar-refractivity contribution in [3.63, 3.8) is 0 Å². The first-order chi connectivity index (χ1) is 12.9. The molecule has 0 saturated heterocycles. The van der Waals surface area contributed by atoms with Crippen LogP contribution >= 0.6 is 0 Å². The smallest absolute Gasteiger partial charge is 0.137 e. The molecule has 0 atom stereocenters. The van der Waals surface area contributed by atoms with Gasteiger partial charge in [-0.3, -0.25) is 4.98 Å². The van der Waals surface area contributed by atoms with Gasteiger partial charge in [0.1, 0.15) is 5.65 Å². The summed E-state index contributed by atoms with van der Waals surface area (Å²) in [5.74, 6) is 0. The van der Waals surface area contributed by atoms with E-state index in [4.69, 9.17) is 4.42 Å². The van der Waals surface area contributed by atoms with E-state index in [0.717, 1.165) is 44.3 Å². The molecule has 1 aromatic carbocycles. The average Bonchev–Trinajstić information content (AvgIpc) is 3.35. The molecule has 0 saturated carbocycles. The predicted molar refractivity (Wildman–Crippen MR) is 103 cm³/mol. The summed E-state index contributed by atoms with van der Waals surface area (Å²) in [5, 5.41) is 5.60. The van der Waals surface area contributed by atoms with Crippen molar-refractivity contribution in [2.45, 2.75) is 6.54 Å². The Kier molecular flexibility index (Phi) is 3.42. The Balaban J connectivity index is 1.51. The second-order valence-electron chi connectivity index (χ2n) is 6.22. The van der Waals surface area contributed by atoms with Crippen molar-refractivity contribution in [1.82, 2.24) is 15.0 Å². The van der Waals surface area contributed by atoms with Gasteiger partial charge in [0, 0.05) is 40.8 Å². The molecule has 0 fully saturated rings. The monoisotopic (exact) mass is 340 g/mol. The quantitative estimate of drug-likeness (QED) is 0.484. The summed E-state index contributed by atoms with van der Waals surface area (Å²) in [6, 6.07) is 14.4. The number of furan rings is 1. The molecule has 5 aromatic rings. The van der Waals surface area contributed by atoms with Crippen molar-refractivity contribution in [2.24, 2.45) is 0 Å². The molecule has 5 heteroatoms. The zero-order valence-corrected chi connectivity index (χ0v) is 13.9. The second kappa shape index (κ2) is 6.04. The van der Waals surface area contributed by atoms with Gasteiger partial charge in [0.15, 0.2) is 0 Å². The van der Waals surface area contributed by atoms with Crippen LogP contribution < -0.4 is 5.32 Å². The van der Waals surface area contributed by atoms with Gasteiger partial charge < -0.3 is 14.7 Å². The molecular formula is C21H16N4O. The molecule has 0 unspecified atom stereocenters. The molecule has 0 aliphatic carbocycles. The molecule has 0 aliphatic heterocycles. The summed E-state index contributed by atoms with van der Waals surface area (Å²) in [5.41, 5.74) is 6.25. The summed E-state index contributed by atoms with van der Waals surface area (Å²) in [6.07, 6.45) is 9.08. The molecule has 0 spiro atoms. The van der Waals surface area contributed by atoms with Crippen LogP contribution in [0.15, 0.2) is 78.0 Å². The van der Waals surface area contributed by atoms with Gasteiger partial charge in [0.05, 0.1) is 29.9 Å². The maximum Gasteiger partial charge on any atom is 0.137 e. The lowest BCUT2D eigenvalue weighted by atomic mass is 10.0. The van der Waals surface area contributed by atoms with Gasteiger partial charge in [-0.2, -0.15) is 0 Å². The van der Waals surface area contributed by atoms with Gasteiger partial charge in [-0.05, 0) is 42.0 Å². The van der Waals surface area contributed by atoms with E-state index in [1.165, 1.54) is 0 Å². The Labute approximate surface area is 149 Å². The molecule has 2 N–H and O–H groups in total. The fourth-order valence-electron chi connectivity index (χ4n) is 3.19. The topological polar surface area (TPSA) is 66.7 Å². The highest BCUT2D eigenvalue weighted by Crippen LogP contribution is 2.30. The highest BCUT2D eigenvalue weighted by molar-refractivity contribution is 5.96. The van der Waals surface area contributed by atoms with Crippen LogP contribution in [0.4, 0.5) is 5.69 Å². The summed E-state index contributed by atoms with van der Waals surface area (Å²) >= 11 is 0. The lowest BCUT2D eigenvalue weighted by Gasteiger charge is -2.07. The Morgan fingerprint density at radius 1 is 1.08 bits per heavy atom. The molecular weight excluding hydrogens is 324 g/mol. The number of nitrogens with one attached hydrogen (secondary N) is 2. The first-order valence-corrected chi connectivity index (χ1v) is 8.44. The minimum atomic E-state index is 0.706. The largest absolute Gasteiger partial charge is 0.472 e. The van der Waals surface area contributed by atoms with E-state index in [2.05, 4.69) is 50.6 Å². The van der Waals surface area contributed by atoms with Gasteiger partial charge >= 0.3 is 0 Å². The van der Waals surface area contributed by atoms with Gasteiger partial charge in [-0.25, -0.2) is 4.98 Å².